The van der Waals surface area contributed by atoms with Crippen molar-refractivity contribution in [3.8, 4) is 0 Å². The molecule has 7 nitrogen and oxygen atoms in total. The number of aryl methyl sites for hydroxylation is 1. The number of thioether (sulfide) groups is 1. The standard InChI is InChI=1S/C15H19N5O2S/c1-9-17-14-12(13(23-9)10-7-16-19(2)8-10)15(21)18-20(14)11-3-5-22-6-4-11/h7-8,11,13H,3-6H2,1-2H3,(H,18,21)/t13-/m0/s1. The van der Waals surface area contributed by atoms with Gasteiger partial charge in [-0.05, 0) is 19.8 Å². The summed E-state index contributed by atoms with van der Waals surface area (Å²) in [5, 5.41) is 8.16. The first-order valence-corrected chi connectivity index (χ1v) is 8.64. The van der Waals surface area contributed by atoms with Gasteiger partial charge in [0.05, 0.1) is 28.1 Å². The third-order valence-corrected chi connectivity index (χ3v) is 5.51. The van der Waals surface area contributed by atoms with E-state index >= 15 is 0 Å². The molecule has 23 heavy (non-hydrogen) atoms. The fourth-order valence-corrected chi connectivity index (χ4v) is 4.30. The zero-order valence-electron chi connectivity index (χ0n) is 13.2. The van der Waals surface area contributed by atoms with Crippen molar-refractivity contribution in [2.45, 2.75) is 31.1 Å². The SMILES string of the molecule is CC1=Nc2c(c(=O)[nH]n2C2CCOCC2)[C@H](c2cnn(C)c2)S1. The van der Waals surface area contributed by atoms with Gasteiger partial charge in [-0.3, -0.25) is 19.3 Å². The topological polar surface area (TPSA) is 77.2 Å². The predicted molar refractivity (Wildman–Crippen MR) is 89.6 cm³/mol. The summed E-state index contributed by atoms with van der Waals surface area (Å²) in [5.41, 5.74) is 1.72. The minimum atomic E-state index is -0.0546. The van der Waals surface area contributed by atoms with Crippen LogP contribution in [0.4, 0.5) is 5.82 Å². The molecule has 4 rings (SSSR count). The number of ether oxygens (including phenoxy) is 1. The van der Waals surface area contributed by atoms with Crippen molar-refractivity contribution in [1.29, 1.82) is 0 Å². The lowest BCUT2D eigenvalue weighted by Crippen LogP contribution is -2.21. The molecule has 8 heteroatoms. The summed E-state index contributed by atoms with van der Waals surface area (Å²) in [4.78, 5) is 17.3. The van der Waals surface area contributed by atoms with Crippen LogP contribution in [0, 0.1) is 0 Å². The van der Waals surface area contributed by atoms with Crippen LogP contribution in [0.2, 0.25) is 0 Å². The molecule has 1 atom stereocenters. The smallest absolute Gasteiger partial charge is 0.271 e. The van der Waals surface area contributed by atoms with Gasteiger partial charge in [0.1, 0.15) is 0 Å². The van der Waals surface area contributed by atoms with Crippen molar-refractivity contribution in [2.24, 2.45) is 12.0 Å². The second-order valence-electron chi connectivity index (χ2n) is 5.97. The Morgan fingerprint density at radius 2 is 2.17 bits per heavy atom. The van der Waals surface area contributed by atoms with E-state index in [1.54, 1.807) is 16.4 Å². The fraction of sp³-hybridized carbons (Fsp3) is 0.533. The Bertz CT molecular complexity index is 812. The fourth-order valence-electron chi connectivity index (χ4n) is 3.23. The normalized spacial score (nSPS) is 22.0. The summed E-state index contributed by atoms with van der Waals surface area (Å²) >= 11 is 1.61. The van der Waals surface area contributed by atoms with Crippen LogP contribution < -0.4 is 5.56 Å². The lowest BCUT2D eigenvalue weighted by atomic mass is 10.1. The average Bonchev–Trinajstić information content (AvgIpc) is 3.12. The summed E-state index contributed by atoms with van der Waals surface area (Å²) in [6, 6.07) is 0.245. The highest BCUT2D eigenvalue weighted by Gasteiger charge is 2.32. The van der Waals surface area contributed by atoms with Crippen molar-refractivity contribution < 1.29 is 4.74 Å². The Morgan fingerprint density at radius 1 is 1.39 bits per heavy atom. The number of aromatic nitrogens is 4. The monoisotopic (exact) mass is 333 g/mol. The maximum absolute atomic E-state index is 12.6. The van der Waals surface area contributed by atoms with Crippen LogP contribution in [-0.4, -0.2) is 37.8 Å². The van der Waals surface area contributed by atoms with E-state index < -0.39 is 0 Å². The van der Waals surface area contributed by atoms with Gasteiger partial charge in [-0.25, -0.2) is 4.99 Å². The second-order valence-corrected chi connectivity index (χ2v) is 7.27. The summed E-state index contributed by atoms with van der Waals surface area (Å²) in [6.45, 7) is 3.44. The zero-order valence-corrected chi connectivity index (χ0v) is 14.0. The number of nitrogens with zero attached hydrogens (tertiary/aromatic N) is 4. The van der Waals surface area contributed by atoms with E-state index in [0.29, 0.717) is 0 Å². The Morgan fingerprint density at radius 3 is 2.87 bits per heavy atom. The molecule has 2 aromatic heterocycles. The highest BCUT2D eigenvalue weighted by Crippen LogP contribution is 2.44. The van der Waals surface area contributed by atoms with Crippen molar-refractivity contribution >= 4 is 22.6 Å². The summed E-state index contributed by atoms with van der Waals surface area (Å²) in [6.07, 6.45) is 5.59. The quantitative estimate of drug-likeness (QED) is 0.913. The molecule has 0 amide bonds. The first kappa shape index (κ1) is 14.8. The van der Waals surface area contributed by atoms with Gasteiger partial charge in [0.15, 0.2) is 5.82 Å². The molecule has 4 heterocycles. The van der Waals surface area contributed by atoms with Gasteiger partial charge in [-0.1, -0.05) is 11.8 Å². The van der Waals surface area contributed by atoms with Gasteiger partial charge in [0.25, 0.3) is 5.56 Å². The Hall–Kier alpha value is -1.80. The molecule has 2 aromatic rings. The Kier molecular flexibility index (Phi) is 3.65. The first-order chi connectivity index (χ1) is 11.1. The van der Waals surface area contributed by atoms with E-state index in [2.05, 4.69) is 15.2 Å². The van der Waals surface area contributed by atoms with E-state index in [9.17, 15) is 4.79 Å². The second kappa shape index (κ2) is 5.68. The van der Waals surface area contributed by atoms with Crippen molar-refractivity contribution in [2.75, 3.05) is 13.2 Å². The molecule has 0 spiro atoms. The molecule has 0 unspecified atom stereocenters. The number of H-pyrrole nitrogens is 1. The summed E-state index contributed by atoms with van der Waals surface area (Å²) < 4.78 is 9.15. The molecule has 2 aliphatic heterocycles. The van der Waals surface area contributed by atoms with Gasteiger partial charge in [0.2, 0.25) is 0 Å². The number of rotatable bonds is 2. The van der Waals surface area contributed by atoms with Crippen molar-refractivity contribution in [3.63, 3.8) is 0 Å². The highest BCUT2D eigenvalue weighted by molar-refractivity contribution is 8.14. The molecule has 0 bridgehead atoms. The van der Waals surface area contributed by atoms with Gasteiger partial charge in [0, 0.05) is 32.0 Å². The number of nitrogens with one attached hydrogen (secondary N) is 1. The molecule has 1 fully saturated rings. The average molecular weight is 333 g/mol. The van der Waals surface area contributed by atoms with Gasteiger partial charge in [-0.15, -0.1) is 0 Å². The van der Waals surface area contributed by atoms with E-state index in [1.807, 2.05) is 31.0 Å². The van der Waals surface area contributed by atoms with E-state index in [-0.39, 0.29) is 16.9 Å². The van der Waals surface area contributed by atoms with Gasteiger partial charge in [-0.2, -0.15) is 5.10 Å². The molecule has 1 N–H and O–H groups in total. The molecular weight excluding hydrogens is 314 g/mol. The van der Waals surface area contributed by atoms with Gasteiger partial charge < -0.3 is 4.74 Å². The lowest BCUT2D eigenvalue weighted by molar-refractivity contribution is 0.0666. The Balaban J connectivity index is 1.82. The van der Waals surface area contributed by atoms with Crippen LogP contribution in [0.3, 0.4) is 0 Å². The van der Waals surface area contributed by atoms with Gasteiger partial charge >= 0.3 is 0 Å². The van der Waals surface area contributed by atoms with Crippen LogP contribution >= 0.6 is 11.8 Å². The van der Waals surface area contributed by atoms with Crippen molar-refractivity contribution in [1.82, 2.24) is 19.6 Å². The van der Waals surface area contributed by atoms with Crippen LogP contribution in [0.25, 0.3) is 0 Å². The number of aliphatic imine (C=N–C) groups is 1. The first-order valence-electron chi connectivity index (χ1n) is 7.76. The van der Waals surface area contributed by atoms with Crippen LogP contribution in [0.5, 0.6) is 0 Å². The largest absolute Gasteiger partial charge is 0.381 e. The van der Waals surface area contributed by atoms with Crippen LogP contribution in [0.1, 0.15) is 42.2 Å². The van der Waals surface area contributed by atoms with E-state index in [0.717, 1.165) is 48.0 Å². The number of fused-ring (bicyclic) bond motifs is 1. The minimum Gasteiger partial charge on any atom is -0.381 e. The molecule has 1 saturated heterocycles. The van der Waals surface area contributed by atoms with E-state index in [1.165, 1.54) is 0 Å². The molecule has 0 radical (unpaired) electrons. The molecular formula is C15H19N5O2S. The summed E-state index contributed by atoms with van der Waals surface area (Å²) in [5.74, 6) is 0.770. The number of hydrogen-bond donors (Lipinski definition) is 1. The van der Waals surface area contributed by atoms with Crippen LogP contribution in [0.15, 0.2) is 22.2 Å². The third-order valence-electron chi connectivity index (χ3n) is 4.33. The minimum absolute atomic E-state index is 0.0518. The third kappa shape index (κ3) is 2.55. The maximum atomic E-state index is 12.6. The highest BCUT2D eigenvalue weighted by atomic mass is 32.2. The van der Waals surface area contributed by atoms with Crippen LogP contribution in [-0.2, 0) is 11.8 Å². The predicted octanol–water partition coefficient (Wildman–Crippen LogP) is 2.15. The summed E-state index contributed by atoms with van der Waals surface area (Å²) in [7, 11) is 1.89. The zero-order chi connectivity index (χ0) is 16.0. The molecule has 122 valence electrons. The lowest BCUT2D eigenvalue weighted by Gasteiger charge is -2.25. The molecule has 2 aliphatic rings. The molecule has 0 aromatic carbocycles. The number of hydrogen-bond acceptors (Lipinski definition) is 5. The molecule has 0 saturated carbocycles. The van der Waals surface area contributed by atoms with Crippen molar-refractivity contribution in [3.05, 3.63) is 33.9 Å². The number of aromatic amines is 1. The maximum Gasteiger partial charge on any atom is 0.271 e. The molecule has 0 aliphatic carbocycles. The van der Waals surface area contributed by atoms with E-state index in [4.69, 9.17) is 4.74 Å². The Labute approximate surface area is 137 Å².